The predicted molar refractivity (Wildman–Crippen MR) is 432 cm³/mol. The second-order valence-corrected chi connectivity index (χ2v) is 34.1. The molecule has 0 aliphatic heterocycles. The zero-order chi connectivity index (χ0) is 76.9. The fourth-order valence-electron chi connectivity index (χ4n) is 13.4. The van der Waals surface area contributed by atoms with Crippen LogP contribution in [0.1, 0.15) is 465 Å². The van der Waals surface area contributed by atoms with E-state index in [1.807, 2.05) is 0 Å². The van der Waals surface area contributed by atoms with Gasteiger partial charge in [-0.05, 0) is 31.6 Å². The summed E-state index contributed by atoms with van der Waals surface area (Å²) in [5.74, 6) is -1.25. The first-order chi connectivity index (χ1) is 51.1. The summed E-state index contributed by atoms with van der Waals surface area (Å²) in [5.41, 5.74) is 0. The maximum Gasteiger partial charge on any atom is 0.472 e. The van der Waals surface area contributed by atoms with Gasteiger partial charge in [-0.15, -0.1) is 0 Å². The van der Waals surface area contributed by atoms with Crippen molar-refractivity contribution in [2.24, 2.45) is 5.92 Å². The second-order valence-electron chi connectivity index (χ2n) is 31.2. The molecule has 0 spiro atoms. The van der Waals surface area contributed by atoms with Crippen LogP contribution in [-0.2, 0) is 65.4 Å². The number of phosphoric acid groups is 2. The Labute approximate surface area is 645 Å². The Kier molecular flexibility index (Phi) is 77.3. The molecule has 0 heterocycles. The van der Waals surface area contributed by atoms with Gasteiger partial charge in [-0.2, -0.15) is 0 Å². The highest BCUT2D eigenvalue weighted by Gasteiger charge is 2.30. The lowest BCUT2D eigenvalue weighted by atomic mass is 9.99. The molecule has 0 aromatic rings. The topological polar surface area (TPSA) is 237 Å². The first kappa shape index (κ1) is 103. The van der Waals surface area contributed by atoms with Crippen LogP contribution >= 0.6 is 15.6 Å². The van der Waals surface area contributed by atoms with Crippen LogP contribution in [0.2, 0.25) is 0 Å². The van der Waals surface area contributed by atoms with E-state index in [4.69, 9.17) is 37.0 Å². The molecule has 3 unspecified atom stereocenters. The molecule has 0 rings (SSSR count). The van der Waals surface area contributed by atoms with Gasteiger partial charge in [0.25, 0.3) is 0 Å². The molecule has 105 heavy (non-hydrogen) atoms. The summed E-state index contributed by atoms with van der Waals surface area (Å²) in [6, 6.07) is 0. The molecular formula is C86H168O17P2. The summed E-state index contributed by atoms with van der Waals surface area (Å²) in [7, 11) is -9.93. The van der Waals surface area contributed by atoms with Gasteiger partial charge in [-0.1, -0.05) is 413 Å². The van der Waals surface area contributed by atoms with Gasteiger partial charge < -0.3 is 33.8 Å². The molecule has 0 fully saturated rings. The van der Waals surface area contributed by atoms with E-state index in [0.717, 1.165) is 95.8 Å². The van der Waals surface area contributed by atoms with Crippen LogP contribution in [0.25, 0.3) is 0 Å². The summed E-state index contributed by atoms with van der Waals surface area (Å²) in [6.07, 6.45) is 71.9. The average molecular weight is 1540 g/mol. The number of aliphatic hydroxyl groups excluding tert-OH is 1. The van der Waals surface area contributed by atoms with Crippen LogP contribution in [0, 0.1) is 5.92 Å². The smallest absolute Gasteiger partial charge is 0.462 e. The zero-order valence-electron chi connectivity index (χ0n) is 68.9. The monoisotopic (exact) mass is 1540 g/mol. The highest BCUT2D eigenvalue weighted by atomic mass is 31.2. The highest BCUT2D eigenvalue weighted by molar-refractivity contribution is 7.47. The molecule has 0 aliphatic rings. The van der Waals surface area contributed by atoms with E-state index in [0.29, 0.717) is 25.7 Å². The number of rotatable bonds is 86. The summed E-state index contributed by atoms with van der Waals surface area (Å²) in [4.78, 5) is 73.3. The normalized spacial score (nSPS) is 14.0. The fourth-order valence-corrected chi connectivity index (χ4v) is 15.0. The standard InChI is InChI=1S/C86H168O17P2/c1-6-10-13-16-19-22-25-28-30-32-34-40-45-50-55-60-65-70-84(89)97-76-82(103-86(91)72-67-62-57-52-47-42-37-36-39-43-48-53-58-63-68-79(5)9-4)78-101-105(94,95)99-74-80(87)73-98-104(92,93)100-77-81(75-96-83(88)69-64-59-54-49-44-38-27-24-21-18-15-12-8-3)102-85(90)71-66-61-56-51-46-41-35-33-31-29-26-23-20-17-14-11-7-2/h79-82,87H,6-78H2,1-5H3,(H,92,93)(H,94,95)/t79?,80-,81+,82+/m0/s1. The minimum atomic E-state index is -4.97. The Morgan fingerprint density at radius 2 is 0.457 bits per heavy atom. The maximum absolute atomic E-state index is 13.1. The molecule has 0 aromatic carbocycles. The molecule has 624 valence electrons. The van der Waals surface area contributed by atoms with Crippen molar-refractivity contribution in [2.45, 2.75) is 483 Å². The first-order valence-corrected chi connectivity index (χ1v) is 47.7. The van der Waals surface area contributed by atoms with E-state index in [2.05, 4.69) is 34.6 Å². The molecular weight excluding hydrogens is 1370 g/mol. The van der Waals surface area contributed by atoms with Crippen LogP contribution in [-0.4, -0.2) is 96.7 Å². The molecule has 0 saturated carbocycles. The third kappa shape index (κ3) is 78.5. The molecule has 0 aromatic heterocycles. The summed E-state index contributed by atoms with van der Waals surface area (Å²) < 4.78 is 69.0. The number of esters is 4. The van der Waals surface area contributed by atoms with Crippen LogP contribution < -0.4 is 0 Å². The van der Waals surface area contributed by atoms with E-state index in [1.165, 1.54) is 289 Å². The van der Waals surface area contributed by atoms with Crippen molar-refractivity contribution in [3.8, 4) is 0 Å². The lowest BCUT2D eigenvalue weighted by molar-refractivity contribution is -0.161. The van der Waals surface area contributed by atoms with Gasteiger partial charge in [0.05, 0.1) is 26.4 Å². The van der Waals surface area contributed by atoms with Gasteiger partial charge in [0.15, 0.2) is 12.2 Å². The zero-order valence-corrected chi connectivity index (χ0v) is 70.7. The van der Waals surface area contributed by atoms with Crippen LogP contribution in [0.3, 0.4) is 0 Å². The van der Waals surface area contributed by atoms with E-state index in [9.17, 15) is 43.2 Å². The minimum absolute atomic E-state index is 0.109. The summed E-state index contributed by atoms with van der Waals surface area (Å²) >= 11 is 0. The molecule has 6 atom stereocenters. The van der Waals surface area contributed by atoms with E-state index >= 15 is 0 Å². The first-order valence-electron chi connectivity index (χ1n) is 44.7. The highest BCUT2D eigenvalue weighted by Crippen LogP contribution is 2.45. The van der Waals surface area contributed by atoms with Crippen LogP contribution in [0.15, 0.2) is 0 Å². The summed E-state index contributed by atoms with van der Waals surface area (Å²) in [6.45, 7) is 7.43. The number of ether oxygens (including phenoxy) is 4. The van der Waals surface area contributed by atoms with Crippen LogP contribution in [0.4, 0.5) is 0 Å². The Morgan fingerprint density at radius 3 is 0.676 bits per heavy atom. The number of phosphoric ester groups is 2. The van der Waals surface area contributed by atoms with Gasteiger partial charge in [-0.3, -0.25) is 37.3 Å². The number of carbonyl (C=O) groups is 4. The van der Waals surface area contributed by atoms with E-state index in [1.54, 1.807) is 0 Å². The van der Waals surface area contributed by atoms with Crippen molar-refractivity contribution in [1.82, 2.24) is 0 Å². The third-order valence-electron chi connectivity index (χ3n) is 20.6. The van der Waals surface area contributed by atoms with E-state index < -0.39 is 97.5 Å². The van der Waals surface area contributed by atoms with Crippen molar-refractivity contribution in [3.05, 3.63) is 0 Å². The molecule has 3 N–H and O–H groups in total. The molecule has 19 heteroatoms. The summed E-state index contributed by atoms with van der Waals surface area (Å²) in [5, 5.41) is 10.7. The van der Waals surface area contributed by atoms with E-state index in [-0.39, 0.29) is 25.7 Å². The van der Waals surface area contributed by atoms with Crippen molar-refractivity contribution in [2.75, 3.05) is 39.6 Å². The molecule has 0 saturated heterocycles. The Bertz CT molecular complexity index is 2000. The Hall–Kier alpha value is -1.94. The van der Waals surface area contributed by atoms with Crippen molar-refractivity contribution in [1.29, 1.82) is 0 Å². The predicted octanol–water partition coefficient (Wildman–Crippen LogP) is 26.4. The van der Waals surface area contributed by atoms with Crippen molar-refractivity contribution < 1.29 is 80.2 Å². The van der Waals surface area contributed by atoms with Gasteiger partial charge in [0, 0.05) is 25.7 Å². The number of hydrogen-bond acceptors (Lipinski definition) is 15. The molecule has 0 bridgehead atoms. The quantitative estimate of drug-likeness (QED) is 0.0222. The molecule has 0 aliphatic carbocycles. The van der Waals surface area contributed by atoms with Gasteiger partial charge in [-0.25, -0.2) is 9.13 Å². The number of unbranched alkanes of at least 4 members (excludes halogenated alkanes) is 57. The van der Waals surface area contributed by atoms with Crippen molar-refractivity contribution in [3.63, 3.8) is 0 Å². The lowest BCUT2D eigenvalue weighted by Gasteiger charge is -2.21. The Morgan fingerprint density at radius 1 is 0.267 bits per heavy atom. The maximum atomic E-state index is 13.1. The van der Waals surface area contributed by atoms with Gasteiger partial charge in [0.1, 0.15) is 19.3 Å². The second kappa shape index (κ2) is 78.7. The fraction of sp³-hybridized carbons (Fsp3) is 0.953. The SMILES string of the molecule is CCCCCCCCCCCCCCCCCCCC(=O)OC[C@H](COP(=O)(O)OC[C@@H](O)COP(=O)(O)OC[C@@H](COC(=O)CCCCCCCCCCCCCCC)OC(=O)CCCCCCCCCCCCCCCCCCC)OC(=O)CCCCCCCCCCCCCCCCC(C)CC. The Balaban J connectivity index is 5.27. The van der Waals surface area contributed by atoms with Gasteiger partial charge >= 0.3 is 39.5 Å². The van der Waals surface area contributed by atoms with Crippen LogP contribution in [0.5, 0.6) is 0 Å². The molecule has 17 nitrogen and oxygen atoms in total. The number of hydrogen-bond donors (Lipinski definition) is 3. The van der Waals surface area contributed by atoms with Crippen molar-refractivity contribution >= 4 is 39.5 Å². The molecule has 0 amide bonds. The molecule has 0 radical (unpaired) electrons. The lowest BCUT2D eigenvalue weighted by Crippen LogP contribution is -2.30. The number of aliphatic hydroxyl groups is 1. The minimum Gasteiger partial charge on any atom is -0.462 e. The van der Waals surface area contributed by atoms with Gasteiger partial charge in [0.2, 0.25) is 0 Å². The largest absolute Gasteiger partial charge is 0.472 e. The number of carbonyl (C=O) groups excluding carboxylic acids is 4. The third-order valence-corrected chi connectivity index (χ3v) is 22.5. The average Bonchev–Trinajstić information content (AvgIpc) is 0.935.